The highest BCUT2D eigenvalue weighted by Crippen LogP contribution is 2.26. The minimum Gasteiger partial charge on any atom is -0.449 e. The molecule has 0 saturated heterocycles. The lowest BCUT2D eigenvalue weighted by atomic mass is 10.1. The first-order valence-corrected chi connectivity index (χ1v) is 6.14. The van der Waals surface area contributed by atoms with E-state index in [2.05, 4.69) is 10.3 Å². The second-order valence-corrected chi connectivity index (χ2v) is 4.31. The zero-order valence-corrected chi connectivity index (χ0v) is 10.7. The SMILES string of the molecule is CCCNC(CCCC(F)(F)F)c1coc(C)n1. The second-order valence-electron chi connectivity index (χ2n) is 4.31. The summed E-state index contributed by atoms with van der Waals surface area (Å²) < 4.78 is 41.4. The molecular formula is C12H19F3N2O. The zero-order valence-electron chi connectivity index (χ0n) is 10.7. The molecule has 0 aliphatic rings. The molecule has 0 aliphatic carbocycles. The molecule has 18 heavy (non-hydrogen) atoms. The summed E-state index contributed by atoms with van der Waals surface area (Å²) in [7, 11) is 0. The quantitative estimate of drug-likeness (QED) is 0.815. The van der Waals surface area contributed by atoms with Crippen molar-refractivity contribution in [2.24, 2.45) is 0 Å². The Balaban J connectivity index is 2.51. The van der Waals surface area contributed by atoms with Crippen molar-refractivity contribution in [3.05, 3.63) is 17.8 Å². The molecule has 1 atom stereocenters. The van der Waals surface area contributed by atoms with Crippen molar-refractivity contribution in [1.29, 1.82) is 0 Å². The third kappa shape index (κ3) is 5.53. The number of nitrogens with zero attached hydrogens (tertiary/aromatic N) is 1. The van der Waals surface area contributed by atoms with Crippen LogP contribution < -0.4 is 5.32 Å². The van der Waals surface area contributed by atoms with E-state index >= 15 is 0 Å². The van der Waals surface area contributed by atoms with Crippen molar-refractivity contribution in [3.8, 4) is 0 Å². The number of aryl methyl sites for hydroxylation is 1. The van der Waals surface area contributed by atoms with E-state index in [1.807, 2.05) is 6.92 Å². The van der Waals surface area contributed by atoms with Gasteiger partial charge >= 0.3 is 6.18 Å². The lowest BCUT2D eigenvalue weighted by Crippen LogP contribution is -2.23. The molecule has 1 rings (SSSR count). The van der Waals surface area contributed by atoms with E-state index in [0.29, 0.717) is 18.0 Å². The maximum atomic E-state index is 12.1. The first-order valence-electron chi connectivity index (χ1n) is 6.14. The summed E-state index contributed by atoms with van der Waals surface area (Å²) in [5.41, 5.74) is 0.683. The first kappa shape index (κ1) is 15.0. The molecule has 0 radical (unpaired) electrons. The molecule has 3 nitrogen and oxygen atoms in total. The van der Waals surface area contributed by atoms with Gasteiger partial charge in [0.2, 0.25) is 0 Å². The topological polar surface area (TPSA) is 38.1 Å². The van der Waals surface area contributed by atoms with Crippen molar-refractivity contribution in [3.63, 3.8) is 0 Å². The van der Waals surface area contributed by atoms with Gasteiger partial charge in [0.05, 0.1) is 11.7 Å². The van der Waals surface area contributed by atoms with Crippen molar-refractivity contribution < 1.29 is 17.6 Å². The Bertz CT molecular complexity index is 349. The van der Waals surface area contributed by atoms with Crippen LogP contribution in [0.1, 0.15) is 50.2 Å². The van der Waals surface area contributed by atoms with Gasteiger partial charge in [-0.2, -0.15) is 13.2 Å². The zero-order chi connectivity index (χ0) is 13.6. The normalized spacial score (nSPS) is 13.8. The smallest absolute Gasteiger partial charge is 0.389 e. The van der Waals surface area contributed by atoms with E-state index in [4.69, 9.17) is 4.42 Å². The number of halogens is 3. The molecule has 0 saturated carbocycles. The van der Waals surface area contributed by atoms with Gasteiger partial charge in [0.1, 0.15) is 6.26 Å². The number of alkyl halides is 3. The van der Waals surface area contributed by atoms with Gasteiger partial charge in [-0.05, 0) is 25.8 Å². The molecule has 0 bridgehead atoms. The third-order valence-electron chi connectivity index (χ3n) is 2.59. The molecule has 104 valence electrons. The van der Waals surface area contributed by atoms with Gasteiger partial charge < -0.3 is 9.73 Å². The van der Waals surface area contributed by atoms with Gasteiger partial charge in [0, 0.05) is 13.3 Å². The Labute approximate surface area is 105 Å². The first-order chi connectivity index (χ1) is 8.42. The van der Waals surface area contributed by atoms with E-state index in [1.54, 1.807) is 6.92 Å². The molecule has 1 unspecified atom stereocenters. The summed E-state index contributed by atoms with van der Waals surface area (Å²) in [4.78, 5) is 4.17. The Morgan fingerprint density at radius 3 is 2.67 bits per heavy atom. The van der Waals surface area contributed by atoms with Crippen molar-refractivity contribution in [2.75, 3.05) is 6.54 Å². The molecule has 1 aromatic heterocycles. The fraction of sp³-hybridized carbons (Fsp3) is 0.750. The Morgan fingerprint density at radius 2 is 2.17 bits per heavy atom. The number of hydrogen-bond acceptors (Lipinski definition) is 3. The number of oxazole rings is 1. The van der Waals surface area contributed by atoms with Gasteiger partial charge in [0.15, 0.2) is 5.89 Å². The third-order valence-corrected chi connectivity index (χ3v) is 2.59. The van der Waals surface area contributed by atoms with Crippen molar-refractivity contribution in [2.45, 2.75) is 51.7 Å². The Morgan fingerprint density at radius 1 is 1.44 bits per heavy atom. The Kier molecular flexibility index (Phi) is 5.65. The summed E-state index contributed by atoms with van der Waals surface area (Å²) in [5, 5.41) is 3.20. The standard InChI is InChI=1S/C12H19F3N2O/c1-3-7-16-10(5-4-6-12(13,14)15)11-8-18-9(2)17-11/h8,10,16H,3-7H2,1-2H3. The van der Waals surface area contributed by atoms with Crippen LogP contribution in [-0.4, -0.2) is 17.7 Å². The lowest BCUT2D eigenvalue weighted by Gasteiger charge is -2.16. The van der Waals surface area contributed by atoms with E-state index in [9.17, 15) is 13.2 Å². The van der Waals surface area contributed by atoms with Gasteiger partial charge in [-0.15, -0.1) is 0 Å². The molecule has 0 spiro atoms. The highest BCUT2D eigenvalue weighted by atomic mass is 19.4. The van der Waals surface area contributed by atoms with Gasteiger partial charge in [-0.1, -0.05) is 6.92 Å². The minimum atomic E-state index is -4.09. The summed E-state index contributed by atoms with van der Waals surface area (Å²) in [6.45, 7) is 4.48. The molecule has 0 fully saturated rings. The summed E-state index contributed by atoms with van der Waals surface area (Å²) in [6.07, 6.45) is -1.91. The van der Waals surface area contributed by atoms with Crippen LogP contribution in [0.25, 0.3) is 0 Å². The summed E-state index contributed by atoms with van der Waals surface area (Å²) >= 11 is 0. The fourth-order valence-corrected chi connectivity index (χ4v) is 1.72. The molecule has 0 aliphatic heterocycles. The highest BCUT2D eigenvalue weighted by molar-refractivity contribution is 5.02. The van der Waals surface area contributed by atoms with Gasteiger partial charge in [-0.25, -0.2) is 4.98 Å². The van der Waals surface area contributed by atoms with Crippen LogP contribution in [0.2, 0.25) is 0 Å². The molecule has 1 heterocycles. The summed E-state index contributed by atoms with van der Waals surface area (Å²) in [6, 6.07) is -0.162. The van der Waals surface area contributed by atoms with E-state index in [0.717, 1.165) is 13.0 Å². The van der Waals surface area contributed by atoms with Crippen LogP contribution in [0.3, 0.4) is 0 Å². The van der Waals surface area contributed by atoms with Crippen LogP contribution >= 0.6 is 0 Å². The van der Waals surface area contributed by atoms with E-state index < -0.39 is 12.6 Å². The van der Waals surface area contributed by atoms with Gasteiger partial charge in [0.25, 0.3) is 0 Å². The lowest BCUT2D eigenvalue weighted by molar-refractivity contribution is -0.135. The molecule has 6 heteroatoms. The van der Waals surface area contributed by atoms with E-state index in [1.165, 1.54) is 6.26 Å². The molecule has 1 aromatic rings. The summed E-state index contributed by atoms with van der Waals surface area (Å²) in [5.74, 6) is 0.532. The number of hydrogen-bond donors (Lipinski definition) is 1. The maximum absolute atomic E-state index is 12.1. The second kappa shape index (κ2) is 6.78. The van der Waals surface area contributed by atoms with Crippen LogP contribution in [-0.2, 0) is 0 Å². The van der Waals surface area contributed by atoms with Crippen LogP contribution in [0.4, 0.5) is 13.2 Å². The van der Waals surface area contributed by atoms with Gasteiger partial charge in [-0.3, -0.25) is 0 Å². The largest absolute Gasteiger partial charge is 0.449 e. The predicted molar refractivity (Wildman–Crippen MR) is 62.2 cm³/mol. The van der Waals surface area contributed by atoms with Crippen LogP contribution in [0, 0.1) is 6.92 Å². The average molecular weight is 264 g/mol. The monoisotopic (exact) mass is 264 g/mol. The predicted octanol–water partition coefficient (Wildman–Crippen LogP) is 3.76. The maximum Gasteiger partial charge on any atom is 0.389 e. The number of rotatable bonds is 7. The number of aromatic nitrogens is 1. The highest BCUT2D eigenvalue weighted by Gasteiger charge is 2.27. The Hall–Kier alpha value is -1.04. The molecule has 1 N–H and O–H groups in total. The van der Waals surface area contributed by atoms with Crippen LogP contribution in [0.5, 0.6) is 0 Å². The molecule has 0 amide bonds. The van der Waals surface area contributed by atoms with Crippen molar-refractivity contribution >= 4 is 0 Å². The van der Waals surface area contributed by atoms with Crippen LogP contribution in [0.15, 0.2) is 10.7 Å². The molecule has 0 aromatic carbocycles. The van der Waals surface area contributed by atoms with Crippen molar-refractivity contribution in [1.82, 2.24) is 10.3 Å². The fourth-order valence-electron chi connectivity index (χ4n) is 1.72. The number of nitrogens with one attached hydrogen (secondary N) is 1. The average Bonchev–Trinajstić information content (AvgIpc) is 2.68. The minimum absolute atomic E-state index is 0.0940. The van der Waals surface area contributed by atoms with E-state index in [-0.39, 0.29) is 12.5 Å². The molecular weight excluding hydrogens is 245 g/mol.